The summed E-state index contributed by atoms with van der Waals surface area (Å²) >= 11 is 0. The van der Waals surface area contributed by atoms with E-state index in [2.05, 4.69) is 33.0 Å². The fraction of sp³-hybridized carbons (Fsp3) is 0.938. The third kappa shape index (κ3) is 5.06. The largest absolute Gasteiger partial charge is 0.364 e. The van der Waals surface area contributed by atoms with Crippen LogP contribution in [0.4, 0.5) is 0 Å². The number of nitrogens with two attached hydrogens (primary N) is 1. The maximum Gasteiger partial charge on any atom is 0.246 e. The van der Waals surface area contributed by atoms with E-state index in [-0.39, 0.29) is 24.2 Å². The number of hydrogen-bond acceptors (Lipinski definition) is 3. The highest BCUT2D eigenvalue weighted by molar-refractivity contribution is 5.77. The lowest BCUT2D eigenvalue weighted by Crippen LogP contribution is -2.48. The van der Waals surface area contributed by atoms with E-state index in [1.54, 1.807) is 0 Å². The van der Waals surface area contributed by atoms with Crippen LogP contribution in [0, 0.1) is 11.3 Å². The summed E-state index contributed by atoms with van der Waals surface area (Å²) in [5.74, 6) is 0.391. The van der Waals surface area contributed by atoms with Crippen molar-refractivity contribution in [2.24, 2.45) is 17.1 Å². The second-order valence-corrected chi connectivity index (χ2v) is 7.44. The van der Waals surface area contributed by atoms with Gasteiger partial charge >= 0.3 is 0 Å². The topological polar surface area (TPSA) is 64.3 Å². The smallest absolute Gasteiger partial charge is 0.246 e. The number of rotatable bonds is 6. The Kier molecular flexibility index (Phi) is 6.02. The van der Waals surface area contributed by atoms with Crippen LogP contribution >= 0.6 is 0 Å². The highest BCUT2D eigenvalue weighted by Gasteiger charge is 2.38. The number of ether oxygens (including phenoxy) is 1. The lowest BCUT2D eigenvalue weighted by atomic mass is 9.71. The molecular formula is C16H32N2O2. The van der Waals surface area contributed by atoms with Crippen LogP contribution in [0.2, 0.25) is 0 Å². The predicted molar refractivity (Wildman–Crippen MR) is 82.4 cm³/mol. The van der Waals surface area contributed by atoms with E-state index in [0.717, 1.165) is 25.7 Å². The second-order valence-electron chi connectivity index (χ2n) is 7.44. The minimum Gasteiger partial charge on any atom is -0.364 e. The molecule has 1 unspecified atom stereocenters. The van der Waals surface area contributed by atoms with Gasteiger partial charge in [0, 0.05) is 12.6 Å². The molecule has 0 saturated heterocycles. The molecular weight excluding hydrogens is 252 g/mol. The van der Waals surface area contributed by atoms with E-state index in [1.165, 1.54) is 0 Å². The maximum atomic E-state index is 11.9. The van der Waals surface area contributed by atoms with Crippen molar-refractivity contribution in [2.75, 3.05) is 13.2 Å². The van der Waals surface area contributed by atoms with E-state index in [4.69, 9.17) is 10.5 Å². The van der Waals surface area contributed by atoms with Crippen molar-refractivity contribution in [1.29, 1.82) is 0 Å². The number of nitrogens with one attached hydrogen (secondary N) is 1. The standard InChI is InChI=1S/C16H32N2O2/c1-12(2)13(3)18-14(19)10-20-16(11-17)8-6-15(4,5)7-9-16/h12-13H,6-11,17H2,1-5H3,(H,18,19). The Balaban J connectivity index is 2.44. The van der Waals surface area contributed by atoms with Crippen molar-refractivity contribution in [3.63, 3.8) is 0 Å². The predicted octanol–water partition coefficient (Wildman–Crippen LogP) is 2.46. The van der Waals surface area contributed by atoms with Gasteiger partial charge in [-0.25, -0.2) is 0 Å². The van der Waals surface area contributed by atoms with Crippen LogP contribution in [0.15, 0.2) is 0 Å². The van der Waals surface area contributed by atoms with Gasteiger partial charge in [0.25, 0.3) is 0 Å². The van der Waals surface area contributed by atoms with Gasteiger partial charge in [0.2, 0.25) is 5.91 Å². The molecule has 0 aromatic rings. The third-order valence-corrected chi connectivity index (χ3v) is 4.78. The molecule has 3 N–H and O–H groups in total. The second kappa shape index (κ2) is 6.90. The van der Waals surface area contributed by atoms with E-state index in [1.807, 2.05) is 6.92 Å². The number of carbonyl (C=O) groups excluding carboxylic acids is 1. The first-order valence-electron chi connectivity index (χ1n) is 7.83. The van der Waals surface area contributed by atoms with Crippen LogP contribution in [0.3, 0.4) is 0 Å². The molecule has 1 fully saturated rings. The van der Waals surface area contributed by atoms with Crippen molar-refractivity contribution in [1.82, 2.24) is 5.32 Å². The fourth-order valence-electron chi connectivity index (χ4n) is 2.47. The summed E-state index contributed by atoms with van der Waals surface area (Å²) in [7, 11) is 0. The average molecular weight is 284 g/mol. The van der Waals surface area contributed by atoms with Gasteiger partial charge in [-0.05, 0) is 43.9 Å². The van der Waals surface area contributed by atoms with Crippen molar-refractivity contribution in [2.45, 2.75) is 71.9 Å². The first-order chi connectivity index (χ1) is 9.20. The Morgan fingerprint density at radius 1 is 1.20 bits per heavy atom. The summed E-state index contributed by atoms with van der Waals surface area (Å²) in [4.78, 5) is 11.9. The van der Waals surface area contributed by atoms with Crippen molar-refractivity contribution in [3.8, 4) is 0 Å². The first kappa shape index (κ1) is 17.4. The van der Waals surface area contributed by atoms with E-state index in [0.29, 0.717) is 17.9 Å². The van der Waals surface area contributed by atoms with Gasteiger partial charge in [0.1, 0.15) is 6.61 Å². The molecule has 0 radical (unpaired) electrons. The zero-order valence-electron chi connectivity index (χ0n) is 13.8. The molecule has 118 valence electrons. The summed E-state index contributed by atoms with van der Waals surface area (Å²) in [6.07, 6.45) is 4.11. The van der Waals surface area contributed by atoms with Crippen LogP contribution in [-0.2, 0) is 9.53 Å². The third-order valence-electron chi connectivity index (χ3n) is 4.78. The SMILES string of the molecule is CC(C)C(C)NC(=O)COC1(CN)CCC(C)(C)CC1. The van der Waals surface area contributed by atoms with E-state index < -0.39 is 0 Å². The minimum atomic E-state index is -0.298. The molecule has 0 bridgehead atoms. The molecule has 0 aromatic heterocycles. The highest BCUT2D eigenvalue weighted by atomic mass is 16.5. The van der Waals surface area contributed by atoms with Gasteiger partial charge in [-0.3, -0.25) is 4.79 Å². The lowest BCUT2D eigenvalue weighted by molar-refractivity contribution is -0.138. The van der Waals surface area contributed by atoms with Gasteiger partial charge in [-0.2, -0.15) is 0 Å². The van der Waals surface area contributed by atoms with Gasteiger partial charge in [0.05, 0.1) is 5.60 Å². The van der Waals surface area contributed by atoms with Gasteiger partial charge in [-0.1, -0.05) is 27.7 Å². The number of hydrogen-bond donors (Lipinski definition) is 2. The number of amides is 1. The summed E-state index contributed by atoms with van der Waals surface area (Å²) in [6.45, 7) is 11.4. The Hall–Kier alpha value is -0.610. The Morgan fingerprint density at radius 2 is 1.75 bits per heavy atom. The number of carbonyl (C=O) groups is 1. The zero-order valence-corrected chi connectivity index (χ0v) is 13.8. The van der Waals surface area contributed by atoms with E-state index >= 15 is 0 Å². The van der Waals surface area contributed by atoms with Crippen molar-refractivity contribution < 1.29 is 9.53 Å². The molecule has 1 amide bonds. The maximum absolute atomic E-state index is 11.9. The van der Waals surface area contributed by atoms with Crippen LogP contribution < -0.4 is 11.1 Å². The molecule has 0 aliphatic heterocycles. The first-order valence-corrected chi connectivity index (χ1v) is 7.83. The monoisotopic (exact) mass is 284 g/mol. The van der Waals surface area contributed by atoms with Crippen LogP contribution in [-0.4, -0.2) is 30.7 Å². The fourth-order valence-corrected chi connectivity index (χ4v) is 2.47. The molecule has 0 heterocycles. The minimum absolute atomic E-state index is 0.0381. The summed E-state index contributed by atoms with van der Waals surface area (Å²) < 4.78 is 5.92. The molecule has 1 aliphatic carbocycles. The molecule has 1 rings (SSSR count). The molecule has 4 heteroatoms. The zero-order chi connectivity index (χ0) is 15.4. The van der Waals surface area contributed by atoms with Gasteiger partial charge in [0.15, 0.2) is 0 Å². The van der Waals surface area contributed by atoms with Crippen LogP contribution in [0.5, 0.6) is 0 Å². The molecule has 0 spiro atoms. The van der Waals surface area contributed by atoms with Gasteiger partial charge < -0.3 is 15.8 Å². The Labute approximate surface area is 123 Å². The summed E-state index contributed by atoms with van der Waals surface area (Å²) in [6, 6.07) is 0.171. The molecule has 20 heavy (non-hydrogen) atoms. The molecule has 1 saturated carbocycles. The Morgan fingerprint density at radius 3 is 2.20 bits per heavy atom. The van der Waals surface area contributed by atoms with Gasteiger partial charge in [-0.15, -0.1) is 0 Å². The highest BCUT2D eigenvalue weighted by Crippen LogP contribution is 2.41. The Bertz CT molecular complexity index is 316. The quantitative estimate of drug-likeness (QED) is 0.787. The average Bonchev–Trinajstić information content (AvgIpc) is 2.38. The molecule has 1 atom stereocenters. The van der Waals surface area contributed by atoms with Crippen LogP contribution in [0.1, 0.15) is 60.3 Å². The normalized spacial score (nSPS) is 22.6. The molecule has 4 nitrogen and oxygen atoms in total. The van der Waals surface area contributed by atoms with Crippen molar-refractivity contribution in [3.05, 3.63) is 0 Å². The van der Waals surface area contributed by atoms with E-state index in [9.17, 15) is 4.79 Å². The van der Waals surface area contributed by atoms with Crippen molar-refractivity contribution >= 4 is 5.91 Å². The molecule has 0 aromatic carbocycles. The molecule has 1 aliphatic rings. The summed E-state index contributed by atoms with van der Waals surface area (Å²) in [5.41, 5.74) is 5.98. The van der Waals surface area contributed by atoms with Crippen LogP contribution in [0.25, 0.3) is 0 Å². The lowest BCUT2D eigenvalue weighted by Gasteiger charge is -2.42. The summed E-state index contributed by atoms with van der Waals surface area (Å²) in [5, 5.41) is 2.97.